The number of hydrogen-bond acceptors (Lipinski definition) is 7. The van der Waals surface area contributed by atoms with Crippen LogP contribution in [0.25, 0.3) is 0 Å². The van der Waals surface area contributed by atoms with Crippen LogP contribution < -0.4 is 19.7 Å². The van der Waals surface area contributed by atoms with Crippen LogP contribution in [-0.2, 0) is 11.2 Å². The monoisotopic (exact) mass is 454 g/mol. The lowest BCUT2D eigenvalue weighted by Crippen LogP contribution is -2.16. The number of ether oxygens (including phenoxy) is 2. The smallest absolute Gasteiger partial charge is 0.308 e. The van der Waals surface area contributed by atoms with Crippen LogP contribution in [0.2, 0.25) is 5.15 Å². The van der Waals surface area contributed by atoms with Gasteiger partial charge in [-0.25, -0.2) is 9.97 Å². The first-order chi connectivity index (χ1) is 15.3. The van der Waals surface area contributed by atoms with Crippen LogP contribution in [0, 0.1) is 0 Å². The Kier molecular flexibility index (Phi) is 7.27. The molecule has 8 nitrogen and oxygen atoms in total. The third-order valence-electron chi connectivity index (χ3n) is 4.43. The summed E-state index contributed by atoms with van der Waals surface area (Å²) in [5.41, 5.74) is 2.07. The van der Waals surface area contributed by atoms with Crippen molar-refractivity contribution >= 4 is 35.0 Å². The molecule has 1 heterocycles. The molecule has 3 aromatic rings. The predicted molar refractivity (Wildman–Crippen MR) is 123 cm³/mol. The number of benzene rings is 2. The first kappa shape index (κ1) is 23.0. The molecular formula is C23H23ClN4O4. The maximum Gasteiger partial charge on any atom is 0.308 e. The van der Waals surface area contributed by atoms with Crippen molar-refractivity contribution in [2.45, 2.75) is 13.3 Å². The molecule has 9 heteroatoms. The van der Waals surface area contributed by atoms with E-state index in [0.29, 0.717) is 35.1 Å². The number of carbonyl (C=O) groups is 2. The second kappa shape index (κ2) is 10.1. The van der Waals surface area contributed by atoms with Crippen molar-refractivity contribution in [2.75, 3.05) is 31.4 Å². The van der Waals surface area contributed by atoms with E-state index in [2.05, 4.69) is 15.3 Å². The summed E-state index contributed by atoms with van der Waals surface area (Å²) in [6.07, 6.45) is 0.408. The van der Waals surface area contributed by atoms with Gasteiger partial charge in [-0.2, -0.15) is 0 Å². The summed E-state index contributed by atoms with van der Waals surface area (Å²) in [5.74, 6) is 0.897. The number of hydrogen-bond donors (Lipinski definition) is 1. The highest BCUT2D eigenvalue weighted by Crippen LogP contribution is 2.32. The van der Waals surface area contributed by atoms with Crippen LogP contribution in [0.15, 0.2) is 48.5 Å². The molecule has 166 valence electrons. The minimum Gasteiger partial charge on any atom is -0.497 e. The van der Waals surface area contributed by atoms with E-state index < -0.39 is 5.97 Å². The minimum atomic E-state index is -0.502. The Labute approximate surface area is 191 Å². The summed E-state index contributed by atoms with van der Waals surface area (Å²) in [4.78, 5) is 34.3. The highest BCUT2D eigenvalue weighted by atomic mass is 35.5. The van der Waals surface area contributed by atoms with Crippen LogP contribution in [0.5, 0.6) is 11.5 Å². The van der Waals surface area contributed by atoms with E-state index in [4.69, 9.17) is 21.1 Å². The van der Waals surface area contributed by atoms with Gasteiger partial charge in [-0.1, -0.05) is 29.8 Å². The summed E-state index contributed by atoms with van der Waals surface area (Å²) in [6.45, 7) is 1.29. The first-order valence-electron chi connectivity index (χ1n) is 9.73. The molecule has 1 aromatic heterocycles. The lowest BCUT2D eigenvalue weighted by molar-refractivity contribution is -0.131. The van der Waals surface area contributed by atoms with Crippen molar-refractivity contribution in [3.63, 3.8) is 0 Å². The Bertz CT molecular complexity index is 1130. The summed E-state index contributed by atoms with van der Waals surface area (Å²) in [6, 6.07) is 14.3. The van der Waals surface area contributed by atoms with Crippen LogP contribution >= 0.6 is 11.6 Å². The number of halogens is 1. The number of anilines is 2. The van der Waals surface area contributed by atoms with Crippen LogP contribution in [0.4, 0.5) is 11.5 Å². The van der Waals surface area contributed by atoms with Gasteiger partial charge in [-0.15, -0.1) is 0 Å². The first-order valence-corrected chi connectivity index (χ1v) is 10.1. The molecule has 0 radical (unpaired) electrons. The second-order valence-electron chi connectivity index (χ2n) is 7.13. The molecule has 0 atom stereocenters. The van der Waals surface area contributed by atoms with Gasteiger partial charge in [0.05, 0.1) is 7.11 Å². The van der Waals surface area contributed by atoms with E-state index in [1.54, 1.807) is 62.5 Å². The van der Waals surface area contributed by atoms with E-state index in [0.717, 1.165) is 5.56 Å². The number of carbonyl (C=O) groups excluding carboxylic acids is 2. The SMILES string of the molecule is COc1cccc(C(=O)Nc2ccc(Cc3nc(Cl)c(OC(C)=O)c(N(C)C)n3)cc2)c1. The van der Waals surface area contributed by atoms with Gasteiger partial charge in [0, 0.05) is 38.7 Å². The summed E-state index contributed by atoms with van der Waals surface area (Å²) >= 11 is 6.24. The maximum atomic E-state index is 12.5. The van der Waals surface area contributed by atoms with Gasteiger partial charge < -0.3 is 19.7 Å². The van der Waals surface area contributed by atoms with Crippen molar-refractivity contribution in [3.05, 3.63) is 70.6 Å². The van der Waals surface area contributed by atoms with Gasteiger partial charge in [-0.05, 0) is 35.9 Å². The standard InChI is InChI=1S/C23H23ClN4O4/c1-14(29)32-20-21(24)26-19(27-22(20)28(2)3)12-15-8-10-17(11-9-15)25-23(30)16-6-5-7-18(13-16)31-4/h5-11,13H,12H2,1-4H3,(H,25,30). The third kappa shape index (κ3) is 5.73. The van der Waals surface area contributed by atoms with Gasteiger partial charge in [0.2, 0.25) is 5.75 Å². The molecule has 0 bridgehead atoms. The van der Waals surface area contributed by atoms with Gasteiger partial charge in [0.15, 0.2) is 11.0 Å². The molecule has 0 aliphatic heterocycles. The van der Waals surface area contributed by atoms with E-state index in [9.17, 15) is 9.59 Å². The van der Waals surface area contributed by atoms with Crippen molar-refractivity contribution < 1.29 is 19.1 Å². The number of aromatic nitrogens is 2. The lowest BCUT2D eigenvalue weighted by Gasteiger charge is -2.17. The fourth-order valence-corrected chi connectivity index (χ4v) is 3.14. The Morgan fingerprint density at radius 3 is 2.44 bits per heavy atom. The van der Waals surface area contributed by atoms with Crippen molar-refractivity contribution in [2.24, 2.45) is 0 Å². The zero-order valence-corrected chi connectivity index (χ0v) is 18.9. The summed E-state index contributed by atoms with van der Waals surface area (Å²) in [7, 11) is 5.10. The molecule has 0 aliphatic carbocycles. The highest BCUT2D eigenvalue weighted by molar-refractivity contribution is 6.31. The number of nitrogens with zero attached hydrogens (tertiary/aromatic N) is 3. The number of nitrogens with one attached hydrogen (secondary N) is 1. The largest absolute Gasteiger partial charge is 0.497 e. The lowest BCUT2D eigenvalue weighted by atomic mass is 10.1. The molecule has 0 spiro atoms. The second-order valence-corrected chi connectivity index (χ2v) is 7.49. The molecule has 0 fully saturated rings. The van der Waals surface area contributed by atoms with Crippen molar-refractivity contribution in [1.82, 2.24) is 9.97 Å². The molecule has 0 unspecified atom stereocenters. The number of amides is 1. The fourth-order valence-electron chi connectivity index (χ4n) is 2.92. The molecule has 1 N–H and O–H groups in total. The predicted octanol–water partition coefficient (Wildman–Crippen LogP) is 3.97. The number of methoxy groups -OCH3 is 1. The molecule has 32 heavy (non-hydrogen) atoms. The van der Waals surface area contributed by atoms with Crippen LogP contribution in [0.1, 0.15) is 28.7 Å². The average Bonchev–Trinajstić information content (AvgIpc) is 2.76. The van der Waals surface area contributed by atoms with Crippen molar-refractivity contribution in [3.8, 4) is 11.5 Å². The summed E-state index contributed by atoms with van der Waals surface area (Å²) in [5, 5.41) is 2.92. The third-order valence-corrected chi connectivity index (χ3v) is 4.68. The van der Waals surface area contributed by atoms with E-state index >= 15 is 0 Å². The van der Waals surface area contributed by atoms with Crippen LogP contribution in [0.3, 0.4) is 0 Å². The number of esters is 1. The van der Waals surface area contributed by atoms with Gasteiger partial charge in [0.25, 0.3) is 5.91 Å². The Morgan fingerprint density at radius 2 is 1.81 bits per heavy atom. The molecular weight excluding hydrogens is 432 g/mol. The normalized spacial score (nSPS) is 10.4. The highest BCUT2D eigenvalue weighted by Gasteiger charge is 2.18. The molecule has 0 saturated carbocycles. The topological polar surface area (TPSA) is 93.7 Å². The van der Waals surface area contributed by atoms with E-state index in [1.807, 2.05) is 12.1 Å². The fraction of sp³-hybridized carbons (Fsp3) is 0.217. The summed E-state index contributed by atoms with van der Waals surface area (Å²) < 4.78 is 10.3. The van der Waals surface area contributed by atoms with Gasteiger partial charge in [0.1, 0.15) is 11.6 Å². The zero-order chi connectivity index (χ0) is 23.3. The molecule has 0 saturated heterocycles. The average molecular weight is 455 g/mol. The molecule has 2 aromatic carbocycles. The Hall–Kier alpha value is -3.65. The van der Waals surface area contributed by atoms with Gasteiger partial charge in [-0.3, -0.25) is 9.59 Å². The Balaban J connectivity index is 1.74. The van der Waals surface area contributed by atoms with Crippen LogP contribution in [-0.4, -0.2) is 43.0 Å². The Morgan fingerprint density at radius 1 is 1.09 bits per heavy atom. The van der Waals surface area contributed by atoms with E-state index in [-0.39, 0.29) is 16.8 Å². The molecule has 0 aliphatic rings. The molecule has 1 amide bonds. The maximum absolute atomic E-state index is 12.5. The molecule has 3 rings (SSSR count). The van der Waals surface area contributed by atoms with Gasteiger partial charge >= 0.3 is 5.97 Å². The quantitative estimate of drug-likeness (QED) is 0.426. The van der Waals surface area contributed by atoms with Crippen molar-refractivity contribution in [1.29, 1.82) is 0 Å². The van der Waals surface area contributed by atoms with E-state index in [1.165, 1.54) is 6.92 Å². The zero-order valence-electron chi connectivity index (χ0n) is 18.2. The number of rotatable bonds is 7. The minimum absolute atomic E-state index is 0.0658.